The van der Waals surface area contributed by atoms with E-state index < -0.39 is 29.6 Å². The fourth-order valence-electron chi connectivity index (χ4n) is 3.06. The van der Waals surface area contributed by atoms with E-state index in [2.05, 4.69) is 5.32 Å². The molecule has 0 bridgehead atoms. The van der Waals surface area contributed by atoms with Gasteiger partial charge in [-0.1, -0.05) is 60.7 Å². The van der Waals surface area contributed by atoms with Crippen molar-refractivity contribution in [3.05, 3.63) is 107 Å². The van der Waals surface area contributed by atoms with Crippen molar-refractivity contribution in [3.63, 3.8) is 0 Å². The molecule has 0 fully saturated rings. The molecule has 0 aliphatic heterocycles. The van der Waals surface area contributed by atoms with Crippen LogP contribution in [0.25, 0.3) is 0 Å². The zero-order valence-corrected chi connectivity index (χ0v) is 16.3. The molecule has 0 heterocycles. The molecular weight excluding hydrogens is 404 g/mol. The van der Waals surface area contributed by atoms with Crippen LogP contribution >= 0.6 is 0 Å². The van der Waals surface area contributed by atoms with Gasteiger partial charge in [0.15, 0.2) is 17.4 Å². The molecular formula is C24H19F2NO4. The van der Waals surface area contributed by atoms with Gasteiger partial charge in [-0.3, -0.25) is 9.59 Å². The van der Waals surface area contributed by atoms with E-state index in [1.54, 1.807) is 48.5 Å². The number of nitrogens with one attached hydrogen (secondary N) is 1. The molecule has 0 spiro atoms. The predicted octanol–water partition coefficient (Wildman–Crippen LogP) is 3.55. The number of ketones is 1. The maximum Gasteiger partial charge on any atom is 0.326 e. The molecule has 1 amide bonds. The number of rotatable bonds is 8. The molecule has 1 atom stereocenters. The molecule has 3 aromatic carbocycles. The van der Waals surface area contributed by atoms with Crippen molar-refractivity contribution in [2.75, 3.05) is 0 Å². The van der Waals surface area contributed by atoms with E-state index in [1.807, 2.05) is 6.07 Å². The first kappa shape index (κ1) is 21.8. The Bertz CT molecular complexity index is 1100. The lowest BCUT2D eigenvalue weighted by molar-refractivity contribution is -0.141. The zero-order chi connectivity index (χ0) is 22.4. The zero-order valence-electron chi connectivity index (χ0n) is 16.3. The molecule has 0 unspecified atom stereocenters. The third-order valence-corrected chi connectivity index (χ3v) is 4.67. The second-order valence-electron chi connectivity index (χ2n) is 6.98. The normalized spacial score (nSPS) is 11.5. The minimum Gasteiger partial charge on any atom is -0.480 e. The fraction of sp³-hybridized carbons (Fsp3) is 0.125. The minimum absolute atomic E-state index is 0.00133. The number of hydrogen-bond acceptors (Lipinski definition) is 3. The first-order valence-corrected chi connectivity index (χ1v) is 9.48. The maximum atomic E-state index is 13.3. The van der Waals surface area contributed by atoms with Crippen LogP contribution in [0.1, 0.15) is 27.0 Å². The second-order valence-corrected chi connectivity index (χ2v) is 6.98. The second kappa shape index (κ2) is 9.75. The number of carboxylic acids is 1. The highest BCUT2D eigenvalue weighted by atomic mass is 19.2. The standard InChI is InChI=1S/C24H19F2NO4/c25-19-11-8-16(12-20(19)26)14-22(28)27-21(24(30)31)13-15-6-9-18(10-7-15)23(29)17-4-2-1-3-5-17/h1-12,21H,13-14H2,(H,27,28)(H,30,31)/t21-/m0/s1. The number of carbonyl (C=O) groups is 3. The molecule has 0 aromatic heterocycles. The Kier molecular flexibility index (Phi) is 6.87. The van der Waals surface area contributed by atoms with Crippen LogP contribution in [0, 0.1) is 11.6 Å². The van der Waals surface area contributed by atoms with Gasteiger partial charge in [0.1, 0.15) is 6.04 Å². The highest BCUT2D eigenvalue weighted by Crippen LogP contribution is 2.13. The first-order chi connectivity index (χ1) is 14.8. The van der Waals surface area contributed by atoms with E-state index in [0.29, 0.717) is 16.7 Å². The number of carbonyl (C=O) groups excluding carboxylic acids is 2. The van der Waals surface area contributed by atoms with Crippen molar-refractivity contribution < 1.29 is 28.3 Å². The van der Waals surface area contributed by atoms with Crippen molar-refractivity contribution in [3.8, 4) is 0 Å². The predicted molar refractivity (Wildman–Crippen MR) is 110 cm³/mol. The summed E-state index contributed by atoms with van der Waals surface area (Å²) in [4.78, 5) is 36.2. The molecule has 0 aliphatic carbocycles. The van der Waals surface area contributed by atoms with E-state index in [-0.39, 0.29) is 24.2 Å². The molecule has 5 nitrogen and oxygen atoms in total. The molecule has 7 heteroatoms. The average Bonchev–Trinajstić information content (AvgIpc) is 2.76. The van der Waals surface area contributed by atoms with Crippen LogP contribution in [0.4, 0.5) is 8.78 Å². The lowest BCUT2D eigenvalue weighted by atomic mass is 9.99. The number of benzene rings is 3. The minimum atomic E-state index is -1.23. The van der Waals surface area contributed by atoms with Gasteiger partial charge in [0.05, 0.1) is 6.42 Å². The smallest absolute Gasteiger partial charge is 0.326 e. The Morgan fingerprint density at radius 1 is 0.806 bits per heavy atom. The van der Waals surface area contributed by atoms with Crippen molar-refractivity contribution >= 4 is 17.7 Å². The summed E-state index contributed by atoms with van der Waals surface area (Å²) < 4.78 is 26.3. The molecule has 2 N–H and O–H groups in total. The molecule has 158 valence electrons. The summed E-state index contributed by atoms with van der Waals surface area (Å²) in [5, 5.41) is 11.8. The van der Waals surface area contributed by atoms with Gasteiger partial charge in [-0.25, -0.2) is 13.6 Å². The van der Waals surface area contributed by atoms with E-state index in [4.69, 9.17) is 0 Å². The van der Waals surface area contributed by atoms with E-state index in [9.17, 15) is 28.3 Å². The summed E-state index contributed by atoms with van der Waals surface area (Å²) in [6.45, 7) is 0. The molecule has 0 saturated heterocycles. The SMILES string of the molecule is O=C(Cc1ccc(F)c(F)c1)N[C@@H](Cc1ccc(C(=O)c2ccccc2)cc1)C(=O)O. The number of carboxylic acid groups (broad SMARTS) is 1. The highest BCUT2D eigenvalue weighted by molar-refractivity contribution is 6.08. The fourth-order valence-corrected chi connectivity index (χ4v) is 3.06. The monoisotopic (exact) mass is 423 g/mol. The Morgan fingerprint density at radius 3 is 2.03 bits per heavy atom. The van der Waals surface area contributed by atoms with Gasteiger partial charge in [0, 0.05) is 17.5 Å². The number of aliphatic carboxylic acids is 1. The summed E-state index contributed by atoms with van der Waals surface area (Å²) in [5.74, 6) is -4.12. The van der Waals surface area contributed by atoms with Crippen molar-refractivity contribution in [2.24, 2.45) is 0 Å². The summed E-state index contributed by atoms with van der Waals surface area (Å²) >= 11 is 0. The van der Waals surface area contributed by atoms with Gasteiger partial charge >= 0.3 is 5.97 Å². The van der Waals surface area contributed by atoms with E-state index in [0.717, 1.165) is 12.1 Å². The topological polar surface area (TPSA) is 83.5 Å². The van der Waals surface area contributed by atoms with Crippen molar-refractivity contribution in [1.29, 1.82) is 0 Å². The molecule has 0 radical (unpaired) electrons. The molecule has 3 aromatic rings. The molecule has 31 heavy (non-hydrogen) atoms. The molecule has 0 saturated carbocycles. The molecule has 0 aliphatic rings. The van der Waals surface area contributed by atoms with E-state index >= 15 is 0 Å². The lowest BCUT2D eigenvalue weighted by Gasteiger charge is -2.15. The van der Waals surface area contributed by atoms with Gasteiger partial charge in [0.25, 0.3) is 0 Å². The number of hydrogen-bond donors (Lipinski definition) is 2. The van der Waals surface area contributed by atoms with Crippen LogP contribution in [0.15, 0.2) is 72.8 Å². The van der Waals surface area contributed by atoms with Crippen LogP contribution in [-0.4, -0.2) is 28.8 Å². The Balaban J connectivity index is 1.64. The summed E-state index contributed by atoms with van der Waals surface area (Å²) in [6, 6.07) is 17.1. The summed E-state index contributed by atoms with van der Waals surface area (Å²) in [7, 11) is 0. The number of amides is 1. The van der Waals surface area contributed by atoms with Crippen LogP contribution in [-0.2, 0) is 22.4 Å². The maximum absolute atomic E-state index is 13.3. The van der Waals surface area contributed by atoms with Gasteiger partial charge in [-0.15, -0.1) is 0 Å². The van der Waals surface area contributed by atoms with Gasteiger partial charge < -0.3 is 10.4 Å². The van der Waals surface area contributed by atoms with Crippen LogP contribution in [0.2, 0.25) is 0 Å². The number of halogens is 2. The summed E-state index contributed by atoms with van der Waals surface area (Å²) in [6.07, 6.45) is -0.288. The van der Waals surface area contributed by atoms with Crippen molar-refractivity contribution in [1.82, 2.24) is 5.32 Å². The average molecular weight is 423 g/mol. The largest absolute Gasteiger partial charge is 0.480 e. The Morgan fingerprint density at radius 2 is 1.42 bits per heavy atom. The quantitative estimate of drug-likeness (QED) is 0.543. The van der Waals surface area contributed by atoms with Gasteiger partial charge in [-0.2, -0.15) is 0 Å². The Labute approximate surface area is 177 Å². The van der Waals surface area contributed by atoms with Crippen LogP contribution in [0.5, 0.6) is 0 Å². The van der Waals surface area contributed by atoms with Crippen LogP contribution in [0.3, 0.4) is 0 Å². The van der Waals surface area contributed by atoms with E-state index in [1.165, 1.54) is 6.07 Å². The highest BCUT2D eigenvalue weighted by Gasteiger charge is 2.21. The molecule has 3 rings (SSSR count). The van der Waals surface area contributed by atoms with Crippen molar-refractivity contribution in [2.45, 2.75) is 18.9 Å². The summed E-state index contributed by atoms with van der Waals surface area (Å²) in [5.41, 5.74) is 1.85. The lowest BCUT2D eigenvalue weighted by Crippen LogP contribution is -2.43. The van der Waals surface area contributed by atoms with Gasteiger partial charge in [-0.05, 0) is 23.3 Å². The van der Waals surface area contributed by atoms with Gasteiger partial charge in [0.2, 0.25) is 5.91 Å². The third kappa shape index (κ3) is 5.82. The Hall–Kier alpha value is -3.87. The first-order valence-electron chi connectivity index (χ1n) is 9.48. The third-order valence-electron chi connectivity index (χ3n) is 4.67. The van der Waals surface area contributed by atoms with Crippen LogP contribution < -0.4 is 5.32 Å².